The average molecular weight is 298 g/mol. The molecule has 1 aliphatic rings. The van der Waals surface area contributed by atoms with Crippen molar-refractivity contribution in [2.24, 2.45) is 0 Å². The molecule has 3 rings (SSSR count). The number of nitrogens with zero attached hydrogens (tertiary/aromatic N) is 1. The van der Waals surface area contributed by atoms with Crippen molar-refractivity contribution in [2.75, 3.05) is 0 Å². The van der Waals surface area contributed by atoms with Crippen molar-refractivity contribution < 1.29 is 4.79 Å². The molecular formula is C18H16ClNO. The van der Waals surface area contributed by atoms with Crippen molar-refractivity contribution in [3.63, 3.8) is 0 Å². The lowest BCUT2D eigenvalue weighted by molar-refractivity contribution is -0.126. The van der Waals surface area contributed by atoms with Gasteiger partial charge in [-0.15, -0.1) is 0 Å². The third-order valence-electron chi connectivity index (χ3n) is 3.74. The van der Waals surface area contributed by atoms with Gasteiger partial charge in [0, 0.05) is 23.7 Å². The summed E-state index contributed by atoms with van der Waals surface area (Å²) in [7, 11) is 0. The molecule has 0 bridgehead atoms. The summed E-state index contributed by atoms with van der Waals surface area (Å²) in [6, 6.07) is 15.8. The van der Waals surface area contributed by atoms with E-state index in [-0.39, 0.29) is 5.91 Å². The van der Waals surface area contributed by atoms with Gasteiger partial charge in [0.1, 0.15) is 0 Å². The van der Waals surface area contributed by atoms with Gasteiger partial charge in [-0.3, -0.25) is 4.79 Å². The molecule has 1 amide bonds. The highest BCUT2D eigenvalue weighted by atomic mass is 35.5. The molecule has 2 nitrogen and oxygen atoms in total. The van der Waals surface area contributed by atoms with Gasteiger partial charge in [0.15, 0.2) is 0 Å². The summed E-state index contributed by atoms with van der Waals surface area (Å²) < 4.78 is 0. The van der Waals surface area contributed by atoms with Crippen molar-refractivity contribution in [1.82, 2.24) is 4.90 Å². The highest BCUT2D eigenvalue weighted by Crippen LogP contribution is 2.31. The number of fused-ring (bicyclic) bond motifs is 1. The summed E-state index contributed by atoms with van der Waals surface area (Å²) in [4.78, 5) is 14.5. The van der Waals surface area contributed by atoms with Crippen LogP contribution in [0.1, 0.15) is 23.6 Å². The second kappa shape index (κ2) is 5.74. The highest BCUT2D eigenvalue weighted by Gasteiger charge is 2.27. The van der Waals surface area contributed by atoms with Crippen LogP contribution < -0.4 is 0 Å². The maximum atomic E-state index is 12.6. The quantitative estimate of drug-likeness (QED) is 0.757. The van der Waals surface area contributed by atoms with Gasteiger partial charge in [-0.1, -0.05) is 54.1 Å². The molecule has 0 saturated carbocycles. The summed E-state index contributed by atoms with van der Waals surface area (Å²) >= 11 is 6.09. The fourth-order valence-electron chi connectivity index (χ4n) is 2.73. The Labute approximate surface area is 129 Å². The Morgan fingerprint density at radius 2 is 1.95 bits per heavy atom. The molecule has 106 valence electrons. The van der Waals surface area contributed by atoms with E-state index >= 15 is 0 Å². The van der Waals surface area contributed by atoms with Crippen LogP contribution in [0.25, 0.3) is 5.57 Å². The summed E-state index contributed by atoms with van der Waals surface area (Å²) in [5, 5.41) is 0.707. The van der Waals surface area contributed by atoms with Crippen LogP contribution in [-0.2, 0) is 17.9 Å². The van der Waals surface area contributed by atoms with Crippen LogP contribution in [0.4, 0.5) is 0 Å². The number of halogens is 1. The van der Waals surface area contributed by atoms with Crippen molar-refractivity contribution in [2.45, 2.75) is 20.0 Å². The Bertz CT molecular complexity index is 706. The van der Waals surface area contributed by atoms with E-state index in [1.807, 2.05) is 66.4 Å². The minimum absolute atomic E-state index is 0.0798. The van der Waals surface area contributed by atoms with Crippen LogP contribution >= 0.6 is 11.6 Å². The van der Waals surface area contributed by atoms with Crippen LogP contribution in [0.3, 0.4) is 0 Å². The molecule has 0 N–H and O–H groups in total. The molecule has 2 aromatic carbocycles. The van der Waals surface area contributed by atoms with Gasteiger partial charge < -0.3 is 4.90 Å². The molecule has 1 aliphatic heterocycles. The molecular weight excluding hydrogens is 282 g/mol. The monoisotopic (exact) mass is 297 g/mol. The number of carbonyl (C=O) groups is 1. The van der Waals surface area contributed by atoms with Crippen LogP contribution in [0.2, 0.25) is 5.02 Å². The van der Waals surface area contributed by atoms with Crippen LogP contribution in [0.15, 0.2) is 54.6 Å². The van der Waals surface area contributed by atoms with Crippen LogP contribution in [-0.4, -0.2) is 10.8 Å². The van der Waals surface area contributed by atoms with Gasteiger partial charge in [0.2, 0.25) is 0 Å². The fourth-order valence-corrected chi connectivity index (χ4v) is 2.92. The Kier molecular flexibility index (Phi) is 3.80. The molecule has 0 aliphatic carbocycles. The predicted molar refractivity (Wildman–Crippen MR) is 85.8 cm³/mol. The Balaban J connectivity index is 1.96. The minimum Gasteiger partial charge on any atom is -0.330 e. The average Bonchev–Trinajstić information content (AvgIpc) is 2.49. The standard InChI is InChI=1S/C18H16ClNO/c1-2-16-17-9-8-15(19)10-14(17)12-20(18(16)21)11-13-6-4-3-5-7-13/h2-10H,11-12H2,1H3/b16-2-. The van der Waals surface area contributed by atoms with Crippen LogP contribution in [0.5, 0.6) is 0 Å². The van der Waals surface area contributed by atoms with E-state index in [0.29, 0.717) is 18.1 Å². The fraction of sp³-hybridized carbons (Fsp3) is 0.167. The van der Waals surface area contributed by atoms with Gasteiger partial charge in [0.25, 0.3) is 5.91 Å². The third-order valence-corrected chi connectivity index (χ3v) is 3.98. The molecule has 2 aromatic rings. The lowest BCUT2D eigenvalue weighted by Crippen LogP contribution is -2.34. The largest absolute Gasteiger partial charge is 0.330 e. The number of benzene rings is 2. The normalized spacial score (nSPS) is 16.2. The van der Waals surface area contributed by atoms with Crippen molar-refractivity contribution >= 4 is 23.1 Å². The highest BCUT2D eigenvalue weighted by molar-refractivity contribution is 6.31. The Morgan fingerprint density at radius 3 is 2.67 bits per heavy atom. The molecule has 1 heterocycles. The number of rotatable bonds is 2. The van der Waals surface area contributed by atoms with E-state index in [1.54, 1.807) is 0 Å². The lowest BCUT2D eigenvalue weighted by atomic mass is 9.93. The van der Waals surface area contributed by atoms with E-state index in [0.717, 1.165) is 22.3 Å². The van der Waals surface area contributed by atoms with E-state index in [4.69, 9.17) is 11.6 Å². The first-order valence-corrected chi connectivity index (χ1v) is 7.35. The molecule has 0 saturated heterocycles. The maximum absolute atomic E-state index is 12.6. The molecule has 0 fully saturated rings. The zero-order chi connectivity index (χ0) is 14.8. The van der Waals surface area contributed by atoms with E-state index in [9.17, 15) is 4.79 Å². The summed E-state index contributed by atoms with van der Waals surface area (Å²) in [5.41, 5.74) is 3.98. The molecule has 3 heteroatoms. The maximum Gasteiger partial charge on any atom is 0.254 e. The second-order valence-electron chi connectivity index (χ2n) is 5.15. The Morgan fingerprint density at radius 1 is 1.19 bits per heavy atom. The number of hydrogen-bond donors (Lipinski definition) is 0. The first kappa shape index (κ1) is 13.9. The summed E-state index contributed by atoms with van der Waals surface area (Å²) in [6.45, 7) is 3.11. The van der Waals surface area contributed by atoms with Gasteiger partial charge in [-0.05, 0) is 35.7 Å². The SMILES string of the molecule is C/C=C1\C(=O)N(Cc2ccccc2)Cc2cc(Cl)ccc21. The molecule has 0 radical (unpaired) electrons. The van der Waals surface area contributed by atoms with E-state index in [2.05, 4.69) is 0 Å². The van der Waals surface area contributed by atoms with Gasteiger partial charge >= 0.3 is 0 Å². The molecule has 0 unspecified atom stereocenters. The number of allylic oxidation sites excluding steroid dienone is 1. The first-order valence-electron chi connectivity index (χ1n) is 6.97. The van der Waals surface area contributed by atoms with Crippen LogP contribution in [0, 0.1) is 0 Å². The van der Waals surface area contributed by atoms with E-state index < -0.39 is 0 Å². The molecule has 0 aromatic heterocycles. The molecule has 0 spiro atoms. The number of hydrogen-bond acceptors (Lipinski definition) is 1. The predicted octanol–water partition coefficient (Wildman–Crippen LogP) is 4.29. The van der Waals surface area contributed by atoms with Gasteiger partial charge in [-0.25, -0.2) is 0 Å². The number of amides is 1. The summed E-state index contributed by atoms with van der Waals surface area (Å²) in [5.74, 6) is 0.0798. The zero-order valence-electron chi connectivity index (χ0n) is 11.8. The van der Waals surface area contributed by atoms with Gasteiger partial charge in [0.05, 0.1) is 0 Å². The topological polar surface area (TPSA) is 20.3 Å². The molecule has 0 atom stereocenters. The lowest BCUT2D eigenvalue weighted by Gasteiger charge is -2.30. The van der Waals surface area contributed by atoms with Crippen molar-refractivity contribution in [3.8, 4) is 0 Å². The molecule has 21 heavy (non-hydrogen) atoms. The van der Waals surface area contributed by atoms with Crippen molar-refractivity contribution in [1.29, 1.82) is 0 Å². The van der Waals surface area contributed by atoms with Gasteiger partial charge in [-0.2, -0.15) is 0 Å². The van der Waals surface area contributed by atoms with Crippen molar-refractivity contribution in [3.05, 3.63) is 76.3 Å². The second-order valence-corrected chi connectivity index (χ2v) is 5.59. The van der Waals surface area contributed by atoms with E-state index in [1.165, 1.54) is 0 Å². The summed E-state index contributed by atoms with van der Waals surface area (Å²) in [6.07, 6.45) is 1.88. The Hall–Kier alpha value is -2.06. The minimum atomic E-state index is 0.0798. The zero-order valence-corrected chi connectivity index (χ0v) is 12.6. The number of carbonyl (C=O) groups excluding carboxylic acids is 1. The first-order chi connectivity index (χ1) is 10.2. The smallest absolute Gasteiger partial charge is 0.254 e. The third kappa shape index (κ3) is 2.72.